The molecule has 5 nitrogen and oxygen atoms in total. The van der Waals surface area contributed by atoms with Crippen LogP contribution in [-0.2, 0) is 29.4 Å². The maximum Gasteiger partial charge on any atom is 0.157 e. The molecule has 1 rings (SSSR count). The first kappa shape index (κ1) is 12.9. The zero-order valence-corrected chi connectivity index (χ0v) is 10.1. The van der Waals surface area contributed by atoms with Crippen molar-refractivity contribution in [1.29, 1.82) is 0 Å². The highest BCUT2D eigenvalue weighted by atomic mass is 16.5. The lowest BCUT2D eigenvalue weighted by Gasteiger charge is -2.08. The van der Waals surface area contributed by atoms with Crippen molar-refractivity contribution < 1.29 is 9.53 Å². The molecule has 1 atom stereocenters. The monoisotopic (exact) mass is 225 g/mol. The van der Waals surface area contributed by atoms with E-state index in [1.165, 1.54) is 7.11 Å². The molecule has 0 saturated carbocycles. The fourth-order valence-electron chi connectivity index (χ4n) is 1.49. The number of nitrogens with two attached hydrogens (primary N) is 1. The van der Waals surface area contributed by atoms with Crippen molar-refractivity contribution in [2.45, 2.75) is 25.8 Å². The molecule has 0 aliphatic heterocycles. The Balaban J connectivity index is 2.65. The van der Waals surface area contributed by atoms with E-state index in [4.69, 9.17) is 10.5 Å². The normalized spacial score (nSPS) is 12.8. The lowest BCUT2D eigenvalue weighted by atomic mass is 10.1. The van der Waals surface area contributed by atoms with E-state index in [-0.39, 0.29) is 12.4 Å². The summed E-state index contributed by atoms with van der Waals surface area (Å²) in [5.74, 6) is -0.0208. The second-order valence-electron chi connectivity index (χ2n) is 3.81. The molecular formula is C11H19N3O2. The van der Waals surface area contributed by atoms with E-state index in [0.29, 0.717) is 6.42 Å². The van der Waals surface area contributed by atoms with Gasteiger partial charge in [0.2, 0.25) is 0 Å². The number of hydrogen-bond donors (Lipinski definition) is 1. The van der Waals surface area contributed by atoms with Gasteiger partial charge >= 0.3 is 0 Å². The SMILES string of the molecule is CCc1cc(CC(=O)C(N)COC)n(C)n1. The number of methoxy groups -OCH3 is 1. The number of carbonyl (C=O) groups is 1. The van der Waals surface area contributed by atoms with Crippen LogP contribution in [0.1, 0.15) is 18.3 Å². The van der Waals surface area contributed by atoms with Gasteiger partial charge in [0.1, 0.15) is 0 Å². The summed E-state index contributed by atoms with van der Waals surface area (Å²) in [4.78, 5) is 11.7. The second-order valence-corrected chi connectivity index (χ2v) is 3.81. The van der Waals surface area contributed by atoms with Crippen LogP contribution in [-0.4, -0.2) is 35.3 Å². The molecule has 1 heterocycles. The molecule has 90 valence electrons. The van der Waals surface area contributed by atoms with Gasteiger partial charge in [0.15, 0.2) is 5.78 Å². The molecule has 0 aliphatic rings. The number of carbonyl (C=O) groups excluding carboxylic acids is 1. The van der Waals surface area contributed by atoms with Crippen molar-refractivity contribution in [3.8, 4) is 0 Å². The van der Waals surface area contributed by atoms with Crippen molar-refractivity contribution in [3.05, 3.63) is 17.5 Å². The topological polar surface area (TPSA) is 70.1 Å². The number of rotatable bonds is 6. The van der Waals surface area contributed by atoms with Gasteiger partial charge in [-0.25, -0.2) is 0 Å². The van der Waals surface area contributed by atoms with E-state index in [1.54, 1.807) is 4.68 Å². The molecule has 0 amide bonds. The fourth-order valence-corrected chi connectivity index (χ4v) is 1.49. The summed E-state index contributed by atoms with van der Waals surface area (Å²) >= 11 is 0. The molecule has 0 bridgehead atoms. The Morgan fingerprint density at radius 2 is 2.38 bits per heavy atom. The number of aryl methyl sites for hydroxylation is 2. The van der Waals surface area contributed by atoms with Crippen molar-refractivity contribution >= 4 is 5.78 Å². The van der Waals surface area contributed by atoms with Crippen LogP contribution in [0.25, 0.3) is 0 Å². The molecule has 0 spiro atoms. The Kier molecular flexibility index (Phi) is 4.64. The molecule has 0 saturated heterocycles. The summed E-state index contributed by atoms with van der Waals surface area (Å²) in [5, 5.41) is 4.28. The van der Waals surface area contributed by atoms with Gasteiger partial charge in [-0.15, -0.1) is 0 Å². The molecular weight excluding hydrogens is 206 g/mol. The number of aromatic nitrogens is 2. The highest BCUT2D eigenvalue weighted by Gasteiger charge is 2.16. The molecule has 0 aromatic carbocycles. The minimum atomic E-state index is -0.551. The van der Waals surface area contributed by atoms with Crippen molar-refractivity contribution in [1.82, 2.24) is 9.78 Å². The Morgan fingerprint density at radius 1 is 1.69 bits per heavy atom. The van der Waals surface area contributed by atoms with Crippen LogP contribution in [0.15, 0.2) is 6.07 Å². The van der Waals surface area contributed by atoms with E-state index in [1.807, 2.05) is 20.0 Å². The Morgan fingerprint density at radius 3 is 2.88 bits per heavy atom. The minimum absolute atomic E-state index is 0.0208. The average molecular weight is 225 g/mol. The smallest absolute Gasteiger partial charge is 0.157 e. The van der Waals surface area contributed by atoms with Crippen LogP contribution >= 0.6 is 0 Å². The third-order valence-electron chi connectivity index (χ3n) is 2.50. The van der Waals surface area contributed by atoms with Gasteiger partial charge in [-0.3, -0.25) is 9.48 Å². The number of hydrogen-bond acceptors (Lipinski definition) is 4. The Hall–Kier alpha value is -1.20. The molecule has 0 aliphatic carbocycles. The zero-order chi connectivity index (χ0) is 12.1. The minimum Gasteiger partial charge on any atom is -0.383 e. The van der Waals surface area contributed by atoms with Crippen molar-refractivity contribution in [2.75, 3.05) is 13.7 Å². The van der Waals surface area contributed by atoms with Crippen LogP contribution in [0.2, 0.25) is 0 Å². The summed E-state index contributed by atoms with van der Waals surface area (Å²) in [6.07, 6.45) is 1.18. The molecule has 1 unspecified atom stereocenters. The Labute approximate surface area is 95.6 Å². The maximum atomic E-state index is 11.7. The standard InChI is InChI=1S/C11H19N3O2/c1-4-8-5-9(14(2)13-8)6-11(15)10(12)7-16-3/h5,10H,4,6-7,12H2,1-3H3. The summed E-state index contributed by atoms with van der Waals surface area (Å²) in [6, 6.07) is 1.39. The first-order valence-corrected chi connectivity index (χ1v) is 5.37. The van der Waals surface area contributed by atoms with Gasteiger partial charge in [0.25, 0.3) is 0 Å². The molecule has 5 heteroatoms. The lowest BCUT2D eigenvalue weighted by Crippen LogP contribution is -2.36. The quantitative estimate of drug-likeness (QED) is 0.743. The van der Waals surface area contributed by atoms with Crippen molar-refractivity contribution in [3.63, 3.8) is 0 Å². The number of nitrogens with zero attached hydrogens (tertiary/aromatic N) is 2. The predicted molar refractivity (Wildman–Crippen MR) is 61.1 cm³/mol. The van der Waals surface area contributed by atoms with Gasteiger partial charge in [0, 0.05) is 19.9 Å². The van der Waals surface area contributed by atoms with E-state index in [0.717, 1.165) is 17.8 Å². The molecule has 0 fully saturated rings. The van der Waals surface area contributed by atoms with Crippen LogP contribution in [0.5, 0.6) is 0 Å². The predicted octanol–water partition coefficient (Wildman–Crippen LogP) is 0.0678. The molecule has 0 radical (unpaired) electrons. The number of ether oxygens (including phenoxy) is 1. The third kappa shape index (κ3) is 3.15. The zero-order valence-electron chi connectivity index (χ0n) is 10.1. The van der Waals surface area contributed by atoms with Crippen LogP contribution < -0.4 is 5.73 Å². The summed E-state index contributed by atoms with van der Waals surface area (Å²) < 4.78 is 6.58. The molecule has 1 aromatic rings. The first-order chi connectivity index (χ1) is 7.58. The summed E-state index contributed by atoms with van der Waals surface area (Å²) in [5.41, 5.74) is 7.55. The van der Waals surface area contributed by atoms with Gasteiger partial charge in [-0.1, -0.05) is 6.92 Å². The van der Waals surface area contributed by atoms with Gasteiger partial charge in [0.05, 0.1) is 24.8 Å². The molecule has 1 aromatic heterocycles. The number of Topliss-reactive ketones (excluding diaryl/α,β-unsaturated/α-hetero) is 1. The van der Waals surface area contributed by atoms with Crippen LogP contribution in [0.4, 0.5) is 0 Å². The van der Waals surface area contributed by atoms with Gasteiger partial charge in [-0.05, 0) is 12.5 Å². The highest BCUT2D eigenvalue weighted by molar-refractivity contribution is 5.85. The van der Waals surface area contributed by atoms with Crippen LogP contribution in [0.3, 0.4) is 0 Å². The van der Waals surface area contributed by atoms with Gasteiger partial charge in [-0.2, -0.15) is 5.10 Å². The molecule has 16 heavy (non-hydrogen) atoms. The van der Waals surface area contributed by atoms with Gasteiger partial charge < -0.3 is 10.5 Å². The van der Waals surface area contributed by atoms with E-state index >= 15 is 0 Å². The number of ketones is 1. The summed E-state index contributed by atoms with van der Waals surface area (Å²) in [6.45, 7) is 2.29. The first-order valence-electron chi connectivity index (χ1n) is 5.37. The lowest BCUT2D eigenvalue weighted by molar-refractivity contribution is -0.120. The Bertz CT molecular complexity index is 360. The largest absolute Gasteiger partial charge is 0.383 e. The fraction of sp³-hybridized carbons (Fsp3) is 0.636. The molecule has 2 N–H and O–H groups in total. The van der Waals surface area contributed by atoms with E-state index in [9.17, 15) is 4.79 Å². The third-order valence-corrected chi connectivity index (χ3v) is 2.50. The van der Waals surface area contributed by atoms with Crippen LogP contribution in [0, 0.1) is 0 Å². The maximum absolute atomic E-state index is 11.7. The highest BCUT2D eigenvalue weighted by Crippen LogP contribution is 2.06. The van der Waals surface area contributed by atoms with E-state index < -0.39 is 6.04 Å². The second kappa shape index (κ2) is 5.77. The summed E-state index contributed by atoms with van der Waals surface area (Å²) in [7, 11) is 3.37. The van der Waals surface area contributed by atoms with Crippen molar-refractivity contribution in [2.24, 2.45) is 12.8 Å². The average Bonchev–Trinajstić information content (AvgIpc) is 2.60. The van der Waals surface area contributed by atoms with E-state index in [2.05, 4.69) is 5.10 Å².